The summed E-state index contributed by atoms with van der Waals surface area (Å²) in [6.07, 6.45) is 4.79. The third kappa shape index (κ3) is 12.1. The molecular formula is C52H65FN12O6. The van der Waals surface area contributed by atoms with Crippen molar-refractivity contribution in [1.29, 1.82) is 0 Å². The van der Waals surface area contributed by atoms with Crippen LogP contribution in [0, 0.1) is 19.8 Å². The van der Waals surface area contributed by atoms with Crippen LogP contribution in [0.5, 0.6) is 0 Å². The SMILES string of the molecule is CC(C)(C)OC(=O)N1CCC[C@@H](N)C1.Cc1nc2cccc(-c3cc4c([nH]3)CCNC4=O)c2nc1F.Cc1nc2cccc(-c3cc4c([nH]3)CCNC4=O)c2nc1N[C@@H]1CCCN(C(=O)OC(C)(C)C)C1. The molecule has 2 atom stereocenters. The minimum absolute atomic E-state index is 0.0508. The Hall–Kier alpha value is -7.15. The molecule has 0 bridgehead atoms. The summed E-state index contributed by atoms with van der Waals surface area (Å²) in [6, 6.07) is 15.2. The van der Waals surface area contributed by atoms with Gasteiger partial charge in [-0.2, -0.15) is 4.39 Å². The molecule has 10 rings (SSSR count). The normalized spacial score (nSPS) is 17.9. The molecule has 2 saturated heterocycles. The van der Waals surface area contributed by atoms with Crippen molar-refractivity contribution < 1.29 is 33.0 Å². The smallest absolute Gasteiger partial charge is 0.410 e. The summed E-state index contributed by atoms with van der Waals surface area (Å²) in [7, 11) is 0. The number of hydrogen-bond acceptors (Lipinski definition) is 12. The van der Waals surface area contributed by atoms with Crippen molar-refractivity contribution in [2.45, 2.75) is 117 Å². The number of ether oxygens (including phenoxy) is 2. The molecule has 376 valence electrons. The first kappa shape index (κ1) is 50.2. The summed E-state index contributed by atoms with van der Waals surface area (Å²) in [6.45, 7) is 18.6. The van der Waals surface area contributed by atoms with Gasteiger partial charge in [-0.05, 0) is 105 Å². The number of rotatable bonds is 4. The Labute approximate surface area is 412 Å². The number of carbonyl (C=O) groups is 4. The molecule has 7 N–H and O–H groups in total. The molecule has 18 nitrogen and oxygen atoms in total. The van der Waals surface area contributed by atoms with E-state index in [0.29, 0.717) is 60.7 Å². The molecule has 8 heterocycles. The van der Waals surface area contributed by atoms with Gasteiger partial charge in [-0.15, -0.1) is 0 Å². The molecule has 4 aromatic heterocycles. The highest BCUT2D eigenvalue weighted by Gasteiger charge is 2.30. The average Bonchev–Trinajstić information content (AvgIpc) is 3.96. The second kappa shape index (κ2) is 20.7. The Kier molecular flexibility index (Phi) is 14.6. The van der Waals surface area contributed by atoms with E-state index < -0.39 is 17.1 Å². The van der Waals surface area contributed by atoms with Crippen LogP contribution in [0.4, 0.5) is 19.8 Å². The second-order valence-electron chi connectivity index (χ2n) is 20.5. The lowest BCUT2D eigenvalue weighted by molar-refractivity contribution is 0.0193. The predicted octanol–water partition coefficient (Wildman–Crippen LogP) is 7.73. The van der Waals surface area contributed by atoms with E-state index in [1.165, 1.54) is 0 Å². The highest BCUT2D eigenvalue weighted by Crippen LogP contribution is 2.32. The second-order valence-corrected chi connectivity index (χ2v) is 20.5. The van der Waals surface area contributed by atoms with Crippen LogP contribution in [-0.2, 0) is 22.3 Å². The Bertz CT molecular complexity index is 2970. The molecule has 2 fully saturated rings. The van der Waals surface area contributed by atoms with Gasteiger partial charge >= 0.3 is 12.2 Å². The zero-order valence-corrected chi connectivity index (χ0v) is 41.8. The van der Waals surface area contributed by atoms with Gasteiger partial charge in [0.2, 0.25) is 5.95 Å². The van der Waals surface area contributed by atoms with Crippen molar-refractivity contribution in [2.75, 3.05) is 44.6 Å². The van der Waals surface area contributed by atoms with E-state index in [2.05, 4.69) is 35.9 Å². The van der Waals surface area contributed by atoms with E-state index in [1.54, 1.807) is 28.9 Å². The number of benzene rings is 2. The fourth-order valence-corrected chi connectivity index (χ4v) is 9.04. The van der Waals surface area contributed by atoms with Crippen molar-refractivity contribution in [3.8, 4) is 22.5 Å². The van der Waals surface area contributed by atoms with E-state index in [1.807, 2.05) is 84.9 Å². The number of amides is 4. The topological polar surface area (TPSA) is 238 Å². The molecule has 19 heteroatoms. The third-order valence-electron chi connectivity index (χ3n) is 12.4. The number of likely N-dealkylation sites (tertiary alicyclic amines) is 2. The van der Waals surface area contributed by atoms with Gasteiger partial charge in [-0.1, -0.05) is 24.3 Å². The van der Waals surface area contributed by atoms with E-state index in [4.69, 9.17) is 25.2 Å². The van der Waals surface area contributed by atoms with Gasteiger partial charge in [0.25, 0.3) is 11.8 Å². The maximum absolute atomic E-state index is 13.8. The lowest BCUT2D eigenvalue weighted by Crippen LogP contribution is -2.47. The fourth-order valence-electron chi connectivity index (χ4n) is 9.04. The molecule has 2 aromatic carbocycles. The van der Waals surface area contributed by atoms with Crippen LogP contribution in [0.1, 0.15) is 111 Å². The summed E-state index contributed by atoms with van der Waals surface area (Å²) < 4.78 is 24.6. The summed E-state index contributed by atoms with van der Waals surface area (Å²) in [5.74, 6) is -0.00808. The van der Waals surface area contributed by atoms with Crippen molar-refractivity contribution in [3.63, 3.8) is 0 Å². The van der Waals surface area contributed by atoms with Gasteiger partial charge in [0.05, 0.1) is 33.5 Å². The largest absolute Gasteiger partial charge is 0.444 e. The number of H-pyrrole nitrogens is 2. The summed E-state index contributed by atoms with van der Waals surface area (Å²) in [5, 5.41) is 9.23. The number of carbonyl (C=O) groups excluding carboxylic acids is 4. The summed E-state index contributed by atoms with van der Waals surface area (Å²) in [5.41, 5.74) is 15.0. The molecule has 71 heavy (non-hydrogen) atoms. The van der Waals surface area contributed by atoms with Crippen LogP contribution < -0.4 is 21.7 Å². The number of anilines is 1. The number of aryl methyl sites for hydroxylation is 2. The number of nitrogens with zero attached hydrogens (tertiary/aromatic N) is 6. The number of fused-ring (bicyclic) bond motifs is 4. The van der Waals surface area contributed by atoms with Gasteiger partial charge in [0.1, 0.15) is 28.1 Å². The van der Waals surface area contributed by atoms with Crippen LogP contribution in [0.2, 0.25) is 0 Å². The molecule has 4 aliphatic rings. The van der Waals surface area contributed by atoms with E-state index in [0.717, 1.165) is 95.7 Å². The quantitative estimate of drug-likeness (QED) is 0.0995. The Morgan fingerprint density at radius 1 is 0.690 bits per heavy atom. The lowest BCUT2D eigenvalue weighted by Gasteiger charge is -2.34. The van der Waals surface area contributed by atoms with Crippen LogP contribution in [0.3, 0.4) is 0 Å². The first-order valence-electron chi connectivity index (χ1n) is 24.4. The van der Waals surface area contributed by atoms with Gasteiger partial charge in [-0.25, -0.2) is 29.5 Å². The van der Waals surface area contributed by atoms with E-state index >= 15 is 0 Å². The minimum atomic E-state index is -0.575. The molecule has 4 aliphatic heterocycles. The Morgan fingerprint density at radius 2 is 1.18 bits per heavy atom. The average molecular weight is 973 g/mol. The number of hydrogen-bond donors (Lipinski definition) is 6. The summed E-state index contributed by atoms with van der Waals surface area (Å²) >= 11 is 0. The van der Waals surface area contributed by atoms with E-state index in [9.17, 15) is 23.6 Å². The highest BCUT2D eigenvalue weighted by molar-refractivity contribution is 6.00. The monoisotopic (exact) mass is 973 g/mol. The first-order valence-corrected chi connectivity index (χ1v) is 24.4. The maximum atomic E-state index is 13.8. The van der Waals surface area contributed by atoms with Crippen molar-refractivity contribution in [1.82, 2.24) is 50.3 Å². The zero-order chi connectivity index (χ0) is 50.8. The predicted molar refractivity (Wildman–Crippen MR) is 270 cm³/mol. The molecule has 0 unspecified atom stereocenters. The van der Waals surface area contributed by atoms with Crippen molar-refractivity contribution in [3.05, 3.63) is 88.4 Å². The molecule has 0 aliphatic carbocycles. The highest BCUT2D eigenvalue weighted by atomic mass is 19.1. The van der Waals surface area contributed by atoms with E-state index in [-0.39, 0.29) is 41.8 Å². The fraction of sp³-hybridized carbons (Fsp3) is 0.462. The van der Waals surface area contributed by atoms with Gasteiger partial charge in [0.15, 0.2) is 0 Å². The van der Waals surface area contributed by atoms with Crippen LogP contribution in [0.15, 0.2) is 48.5 Å². The van der Waals surface area contributed by atoms with Crippen LogP contribution >= 0.6 is 0 Å². The molecule has 0 spiro atoms. The molecular weight excluding hydrogens is 908 g/mol. The van der Waals surface area contributed by atoms with Crippen LogP contribution in [-0.4, -0.2) is 126 Å². The molecule has 0 saturated carbocycles. The van der Waals surface area contributed by atoms with Crippen molar-refractivity contribution >= 4 is 51.9 Å². The number of nitrogens with two attached hydrogens (primary N) is 1. The number of halogens is 1. The minimum Gasteiger partial charge on any atom is -0.444 e. The molecule has 4 amide bonds. The van der Waals surface area contributed by atoms with Crippen LogP contribution in [0.25, 0.3) is 44.6 Å². The maximum Gasteiger partial charge on any atom is 0.410 e. The molecule has 0 radical (unpaired) electrons. The summed E-state index contributed by atoms with van der Waals surface area (Å²) in [4.78, 5) is 76.5. The standard InChI is InChI=1S/C26H32N6O3.C16H13FN4O.C10H20N2O2/c1-15-23(29-16-7-6-12-32(14-16)25(34)35-26(2,3)4)31-22-17(8-5-9-20(22)28-15)21-13-18-19(30-21)10-11-27-24(18)33;1-8-15(17)21-14-9(3-2-4-12(14)19-8)13-7-10-11(20-13)5-6-18-16(10)22;1-10(2,3)14-9(13)12-6-4-5-8(11)7-12/h5,8-9,13,16,30H,6-7,10-12,14H2,1-4H3,(H,27,33)(H,29,31);2-4,7,20H,5-6H2,1H3,(H,18,22);8H,4-7,11H2,1-3H3/t16-;;8-/m1.1/s1. The zero-order valence-electron chi connectivity index (χ0n) is 41.8. The number of aromatic nitrogens is 6. The number of aromatic amines is 2. The Morgan fingerprint density at radius 3 is 1.69 bits per heavy atom. The number of nitrogens with one attached hydrogen (secondary N) is 5. The van der Waals surface area contributed by atoms with Gasteiger partial charge < -0.3 is 50.9 Å². The van der Waals surface area contributed by atoms with Gasteiger partial charge in [-0.3, -0.25) is 9.59 Å². The number of piperidine rings is 2. The Balaban J connectivity index is 0.000000159. The van der Waals surface area contributed by atoms with Crippen molar-refractivity contribution in [2.24, 2.45) is 5.73 Å². The lowest BCUT2D eigenvalue weighted by atomic mass is 10.1. The molecule has 6 aromatic rings. The third-order valence-corrected chi connectivity index (χ3v) is 12.4. The first-order chi connectivity index (χ1) is 33.7. The van der Waals surface area contributed by atoms with Gasteiger partial charge in [0, 0.05) is 98.1 Å². The number of para-hydroxylation sites is 2.